The summed E-state index contributed by atoms with van der Waals surface area (Å²) in [4.78, 5) is 14.0. The summed E-state index contributed by atoms with van der Waals surface area (Å²) >= 11 is 0. The van der Waals surface area contributed by atoms with E-state index >= 15 is 0 Å². The van der Waals surface area contributed by atoms with Crippen molar-refractivity contribution in [1.29, 1.82) is 0 Å². The minimum atomic E-state index is -0.314. The largest absolute Gasteiger partial charge is 0.497 e. The van der Waals surface area contributed by atoms with Gasteiger partial charge in [-0.2, -0.15) is 0 Å². The van der Waals surface area contributed by atoms with E-state index in [0.29, 0.717) is 11.3 Å². The van der Waals surface area contributed by atoms with Crippen LogP contribution in [0.5, 0.6) is 5.75 Å². The molecule has 0 spiro atoms. The SMILES string of the molecule is COC(=O)c1cc(OC)ccc1N1CCCC1. The van der Waals surface area contributed by atoms with E-state index in [1.54, 1.807) is 13.2 Å². The molecular formula is C13H17NO3. The molecule has 1 saturated heterocycles. The minimum absolute atomic E-state index is 0.314. The first-order valence-electron chi connectivity index (χ1n) is 5.77. The second-order valence-electron chi connectivity index (χ2n) is 4.07. The van der Waals surface area contributed by atoms with Crippen LogP contribution < -0.4 is 9.64 Å². The molecule has 1 aliphatic heterocycles. The molecule has 1 aliphatic rings. The van der Waals surface area contributed by atoms with Gasteiger partial charge in [0.1, 0.15) is 5.75 Å². The maximum Gasteiger partial charge on any atom is 0.340 e. The number of methoxy groups -OCH3 is 2. The number of nitrogens with zero attached hydrogens (tertiary/aromatic N) is 1. The molecular weight excluding hydrogens is 218 g/mol. The fraction of sp³-hybridized carbons (Fsp3) is 0.462. The number of carbonyl (C=O) groups excluding carboxylic acids is 1. The third-order valence-corrected chi connectivity index (χ3v) is 3.06. The highest BCUT2D eigenvalue weighted by Crippen LogP contribution is 2.28. The number of hydrogen-bond donors (Lipinski definition) is 0. The van der Waals surface area contributed by atoms with Crippen molar-refractivity contribution in [3.05, 3.63) is 23.8 Å². The first kappa shape index (κ1) is 11.8. The zero-order valence-electron chi connectivity index (χ0n) is 10.2. The molecule has 2 rings (SSSR count). The Morgan fingerprint density at radius 2 is 1.94 bits per heavy atom. The molecule has 4 heteroatoms. The summed E-state index contributed by atoms with van der Waals surface area (Å²) in [7, 11) is 2.99. The normalized spacial score (nSPS) is 14.8. The van der Waals surface area contributed by atoms with E-state index in [1.165, 1.54) is 20.0 Å². The number of esters is 1. The van der Waals surface area contributed by atoms with Gasteiger partial charge in [-0.25, -0.2) is 4.79 Å². The molecule has 92 valence electrons. The smallest absolute Gasteiger partial charge is 0.340 e. The molecule has 0 amide bonds. The number of carbonyl (C=O) groups is 1. The van der Waals surface area contributed by atoms with E-state index in [2.05, 4.69) is 4.90 Å². The lowest BCUT2D eigenvalue weighted by molar-refractivity contribution is 0.0601. The predicted molar refractivity (Wildman–Crippen MR) is 65.8 cm³/mol. The Labute approximate surface area is 101 Å². The highest BCUT2D eigenvalue weighted by molar-refractivity contribution is 5.96. The predicted octanol–water partition coefficient (Wildman–Crippen LogP) is 2.08. The van der Waals surface area contributed by atoms with Gasteiger partial charge < -0.3 is 14.4 Å². The summed E-state index contributed by atoms with van der Waals surface area (Å²) in [6, 6.07) is 5.54. The van der Waals surface area contributed by atoms with Gasteiger partial charge in [-0.3, -0.25) is 0 Å². The monoisotopic (exact) mass is 235 g/mol. The average Bonchev–Trinajstić information content (AvgIpc) is 2.90. The Morgan fingerprint density at radius 3 is 2.53 bits per heavy atom. The quantitative estimate of drug-likeness (QED) is 0.752. The van der Waals surface area contributed by atoms with Gasteiger partial charge in [0, 0.05) is 13.1 Å². The molecule has 0 bridgehead atoms. The molecule has 1 fully saturated rings. The standard InChI is InChI=1S/C13H17NO3/c1-16-10-5-6-12(14-7-3-4-8-14)11(9-10)13(15)17-2/h5-6,9H,3-4,7-8H2,1-2H3. The highest BCUT2D eigenvalue weighted by atomic mass is 16.5. The summed E-state index contributed by atoms with van der Waals surface area (Å²) in [5, 5.41) is 0. The lowest BCUT2D eigenvalue weighted by Gasteiger charge is -2.20. The van der Waals surface area contributed by atoms with Crippen LogP contribution in [0.25, 0.3) is 0 Å². The van der Waals surface area contributed by atoms with E-state index in [4.69, 9.17) is 9.47 Å². The van der Waals surface area contributed by atoms with Crippen molar-refractivity contribution in [2.75, 3.05) is 32.2 Å². The van der Waals surface area contributed by atoms with Crippen molar-refractivity contribution in [3.8, 4) is 5.75 Å². The second-order valence-corrected chi connectivity index (χ2v) is 4.07. The van der Waals surface area contributed by atoms with Gasteiger partial charge in [-0.15, -0.1) is 0 Å². The van der Waals surface area contributed by atoms with Crippen molar-refractivity contribution >= 4 is 11.7 Å². The number of hydrogen-bond acceptors (Lipinski definition) is 4. The van der Waals surface area contributed by atoms with Gasteiger partial charge in [-0.1, -0.05) is 0 Å². The zero-order chi connectivity index (χ0) is 12.3. The molecule has 0 aliphatic carbocycles. The lowest BCUT2D eigenvalue weighted by atomic mass is 10.1. The molecule has 1 aromatic rings. The summed E-state index contributed by atoms with van der Waals surface area (Å²) in [5.41, 5.74) is 1.52. The first-order chi connectivity index (χ1) is 8.26. The third kappa shape index (κ3) is 2.35. The van der Waals surface area contributed by atoms with Gasteiger partial charge in [0.05, 0.1) is 25.5 Å². The number of ether oxygens (including phenoxy) is 2. The van der Waals surface area contributed by atoms with Crippen LogP contribution in [0.15, 0.2) is 18.2 Å². The molecule has 0 atom stereocenters. The molecule has 0 unspecified atom stereocenters. The Morgan fingerprint density at radius 1 is 1.24 bits per heavy atom. The van der Waals surface area contributed by atoms with Crippen LogP contribution in [0.4, 0.5) is 5.69 Å². The Kier molecular flexibility index (Phi) is 3.52. The molecule has 0 radical (unpaired) electrons. The Balaban J connectivity index is 2.38. The van der Waals surface area contributed by atoms with E-state index in [1.807, 2.05) is 12.1 Å². The van der Waals surface area contributed by atoms with Crippen LogP contribution in [0.1, 0.15) is 23.2 Å². The lowest BCUT2D eigenvalue weighted by Crippen LogP contribution is -2.21. The molecule has 0 aromatic heterocycles. The number of benzene rings is 1. The van der Waals surface area contributed by atoms with E-state index in [0.717, 1.165) is 18.8 Å². The fourth-order valence-electron chi connectivity index (χ4n) is 2.15. The first-order valence-corrected chi connectivity index (χ1v) is 5.77. The second kappa shape index (κ2) is 5.08. The summed E-state index contributed by atoms with van der Waals surface area (Å²) < 4.78 is 9.96. The van der Waals surface area contributed by atoms with Gasteiger partial charge in [0.25, 0.3) is 0 Å². The van der Waals surface area contributed by atoms with Gasteiger partial charge in [0.15, 0.2) is 0 Å². The third-order valence-electron chi connectivity index (χ3n) is 3.06. The van der Waals surface area contributed by atoms with Crippen LogP contribution in [-0.4, -0.2) is 33.3 Å². The van der Waals surface area contributed by atoms with Crippen LogP contribution >= 0.6 is 0 Å². The van der Waals surface area contributed by atoms with Gasteiger partial charge >= 0.3 is 5.97 Å². The highest BCUT2D eigenvalue weighted by Gasteiger charge is 2.20. The summed E-state index contributed by atoms with van der Waals surface area (Å²) in [6.07, 6.45) is 2.35. The van der Waals surface area contributed by atoms with Gasteiger partial charge in [0.2, 0.25) is 0 Å². The van der Waals surface area contributed by atoms with Crippen molar-refractivity contribution < 1.29 is 14.3 Å². The van der Waals surface area contributed by atoms with Crippen molar-refractivity contribution in [2.45, 2.75) is 12.8 Å². The molecule has 4 nitrogen and oxygen atoms in total. The fourth-order valence-corrected chi connectivity index (χ4v) is 2.15. The molecule has 0 saturated carbocycles. The number of anilines is 1. The van der Waals surface area contributed by atoms with Crippen LogP contribution in [0, 0.1) is 0 Å². The van der Waals surface area contributed by atoms with E-state index in [-0.39, 0.29) is 5.97 Å². The Hall–Kier alpha value is -1.71. The van der Waals surface area contributed by atoms with E-state index in [9.17, 15) is 4.79 Å². The van der Waals surface area contributed by atoms with Crippen molar-refractivity contribution in [1.82, 2.24) is 0 Å². The topological polar surface area (TPSA) is 38.8 Å². The molecule has 0 N–H and O–H groups in total. The van der Waals surface area contributed by atoms with Crippen LogP contribution in [0.2, 0.25) is 0 Å². The Bertz CT molecular complexity index is 411. The van der Waals surface area contributed by atoms with Gasteiger partial charge in [-0.05, 0) is 31.0 Å². The van der Waals surface area contributed by atoms with E-state index < -0.39 is 0 Å². The molecule has 1 aromatic carbocycles. The molecule has 1 heterocycles. The van der Waals surface area contributed by atoms with Crippen molar-refractivity contribution in [2.24, 2.45) is 0 Å². The maximum absolute atomic E-state index is 11.8. The summed E-state index contributed by atoms with van der Waals surface area (Å²) in [5.74, 6) is 0.360. The van der Waals surface area contributed by atoms with Crippen LogP contribution in [0.3, 0.4) is 0 Å². The van der Waals surface area contributed by atoms with Crippen LogP contribution in [-0.2, 0) is 4.74 Å². The molecule has 17 heavy (non-hydrogen) atoms. The maximum atomic E-state index is 11.8. The average molecular weight is 235 g/mol. The zero-order valence-corrected chi connectivity index (χ0v) is 10.2. The van der Waals surface area contributed by atoms with Crippen molar-refractivity contribution in [3.63, 3.8) is 0 Å². The summed E-state index contributed by atoms with van der Waals surface area (Å²) in [6.45, 7) is 1.99. The number of rotatable bonds is 3. The minimum Gasteiger partial charge on any atom is -0.497 e.